The smallest absolute Gasteiger partial charge is 0.275 e. The molecule has 7 heteroatoms. The molecule has 2 aromatic heterocycles. The summed E-state index contributed by atoms with van der Waals surface area (Å²) in [6.07, 6.45) is 4.24. The molecule has 2 rings (SSSR count). The number of aldehydes is 1. The molecule has 2 aromatic rings. The van der Waals surface area contributed by atoms with Crippen LogP contribution in [0.15, 0.2) is 12.4 Å². The molecule has 0 bridgehead atoms. The van der Waals surface area contributed by atoms with Crippen LogP contribution in [0.1, 0.15) is 9.67 Å². The van der Waals surface area contributed by atoms with Crippen LogP contribution >= 0.6 is 33.9 Å². The van der Waals surface area contributed by atoms with E-state index in [2.05, 4.69) is 32.7 Å². The first kappa shape index (κ1) is 10.6. The predicted molar refractivity (Wildman–Crippen MR) is 63.9 cm³/mol. The normalized spacial score (nSPS) is 10.3. The van der Waals surface area contributed by atoms with E-state index in [0.29, 0.717) is 15.9 Å². The van der Waals surface area contributed by atoms with E-state index in [1.807, 2.05) is 0 Å². The molecule has 0 aliphatic rings. The van der Waals surface area contributed by atoms with Gasteiger partial charge in [0.2, 0.25) is 0 Å². The molecule has 0 radical (unpaired) electrons. The fraction of sp³-hybridized carbons (Fsp3) is 0.125. The van der Waals surface area contributed by atoms with Gasteiger partial charge < -0.3 is 4.74 Å². The maximum absolute atomic E-state index is 10.8. The second-order valence-electron chi connectivity index (χ2n) is 2.59. The van der Waals surface area contributed by atoms with Crippen LogP contribution in [-0.4, -0.2) is 28.2 Å². The molecule has 0 aliphatic heterocycles. The highest BCUT2D eigenvalue weighted by atomic mass is 127. The van der Waals surface area contributed by atoms with Crippen LogP contribution < -0.4 is 4.74 Å². The summed E-state index contributed by atoms with van der Waals surface area (Å²) in [5.41, 5.74) is 0. The third kappa shape index (κ3) is 2.02. The lowest BCUT2D eigenvalue weighted by atomic mass is 10.5. The lowest BCUT2D eigenvalue weighted by Crippen LogP contribution is -1.97. The number of hydrogen-bond donors (Lipinski definition) is 0. The maximum Gasteiger partial charge on any atom is 0.275 e. The van der Waals surface area contributed by atoms with Crippen molar-refractivity contribution in [3.05, 3.63) is 20.8 Å². The quantitative estimate of drug-likeness (QED) is 0.634. The first-order chi connectivity index (χ1) is 7.24. The van der Waals surface area contributed by atoms with E-state index >= 15 is 0 Å². The highest BCUT2D eigenvalue weighted by Gasteiger charge is 2.13. The molecule has 0 saturated carbocycles. The Bertz CT molecular complexity index is 494. The largest absolute Gasteiger partial charge is 0.473 e. The molecule has 0 saturated heterocycles. The molecule has 0 fully saturated rings. The summed E-state index contributed by atoms with van der Waals surface area (Å²) in [7, 11) is 1.52. The van der Waals surface area contributed by atoms with Crippen molar-refractivity contribution in [1.29, 1.82) is 0 Å². The average molecular weight is 335 g/mol. The zero-order chi connectivity index (χ0) is 10.8. The van der Waals surface area contributed by atoms with Gasteiger partial charge in [-0.05, 0) is 22.6 Å². The lowest BCUT2D eigenvalue weighted by Gasteiger charge is -1.94. The fourth-order valence-corrected chi connectivity index (χ4v) is 2.12. The van der Waals surface area contributed by atoms with Gasteiger partial charge in [-0.3, -0.25) is 4.79 Å². The van der Waals surface area contributed by atoms with Gasteiger partial charge in [0, 0.05) is 6.20 Å². The summed E-state index contributed by atoms with van der Waals surface area (Å²) in [5, 5.41) is 4.54. The number of aromatic nitrogens is 3. The molecule has 0 aliphatic carbocycles. The van der Waals surface area contributed by atoms with Gasteiger partial charge in [-0.25, -0.2) is 4.68 Å². The van der Waals surface area contributed by atoms with E-state index in [1.165, 1.54) is 18.4 Å². The predicted octanol–water partition coefficient (Wildman–Crippen LogP) is 1.75. The van der Waals surface area contributed by atoms with Gasteiger partial charge in [0.25, 0.3) is 5.19 Å². The molecule has 78 valence electrons. The van der Waals surface area contributed by atoms with Crippen molar-refractivity contribution in [2.45, 2.75) is 0 Å². The Labute approximate surface area is 103 Å². The van der Waals surface area contributed by atoms with Crippen LogP contribution in [0.2, 0.25) is 0 Å². The minimum atomic E-state index is 0.456. The van der Waals surface area contributed by atoms with Gasteiger partial charge in [-0.15, -0.1) is 0 Å². The molecule has 15 heavy (non-hydrogen) atoms. The monoisotopic (exact) mass is 335 g/mol. The van der Waals surface area contributed by atoms with Gasteiger partial charge in [-0.2, -0.15) is 10.1 Å². The molecule has 0 spiro atoms. The second-order valence-corrected chi connectivity index (χ2v) is 4.83. The van der Waals surface area contributed by atoms with Crippen molar-refractivity contribution in [3.63, 3.8) is 0 Å². The number of ether oxygens (including phenoxy) is 1. The van der Waals surface area contributed by atoms with Gasteiger partial charge in [0.1, 0.15) is 4.88 Å². The maximum atomic E-state index is 10.8. The average Bonchev–Trinajstić information content (AvgIpc) is 2.82. The third-order valence-corrected chi connectivity index (χ3v) is 3.15. The number of carbonyl (C=O) groups excluding carboxylic acids is 1. The summed E-state index contributed by atoms with van der Waals surface area (Å²) in [6.45, 7) is 0. The number of rotatable bonds is 3. The Morgan fingerprint density at radius 2 is 2.47 bits per heavy atom. The number of nitrogens with zero attached hydrogens (tertiary/aromatic N) is 3. The topological polar surface area (TPSA) is 57.0 Å². The Hall–Kier alpha value is -0.960. The molecule has 0 aromatic carbocycles. The van der Waals surface area contributed by atoms with Crippen molar-refractivity contribution in [2.24, 2.45) is 0 Å². The summed E-state index contributed by atoms with van der Waals surface area (Å²) in [5.74, 6) is 0.509. The number of thiazole rings is 1. The van der Waals surface area contributed by atoms with Crippen LogP contribution in [0.5, 0.6) is 5.19 Å². The van der Waals surface area contributed by atoms with Crippen LogP contribution in [0, 0.1) is 3.57 Å². The molecule has 0 unspecified atom stereocenters. The highest BCUT2D eigenvalue weighted by Crippen LogP contribution is 2.25. The molecular formula is C8H6IN3O2S. The number of methoxy groups -OCH3 is 1. The number of halogens is 1. The summed E-state index contributed by atoms with van der Waals surface area (Å²) in [6, 6.07) is 0. The van der Waals surface area contributed by atoms with E-state index in [4.69, 9.17) is 4.74 Å². The summed E-state index contributed by atoms with van der Waals surface area (Å²) in [4.78, 5) is 15.5. The first-order valence-corrected chi connectivity index (χ1v) is 5.84. The van der Waals surface area contributed by atoms with Crippen LogP contribution in [-0.2, 0) is 0 Å². The Morgan fingerprint density at radius 1 is 1.67 bits per heavy atom. The summed E-state index contributed by atoms with van der Waals surface area (Å²) >= 11 is 3.34. The lowest BCUT2D eigenvalue weighted by molar-refractivity contribution is 0.112. The van der Waals surface area contributed by atoms with Crippen molar-refractivity contribution in [1.82, 2.24) is 14.8 Å². The van der Waals surface area contributed by atoms with E-state index in [-0.39, 0.29) is 0 Å². The van der Waals surface area contributed by atoms with Gasteiger partial charge in [-0.1, -0.05) is 11.3 Å². The molecule has 5 nitrogen and oxygen atoms in total. The first-order valence-electron chi connectivity index (χ1n) is 3.95. The van der Waals surface area contributed by atoms with Crippen LogP contribution in [0.3, 0.4) is 0 Å². The van der Waals surface area contributed by atoms with Crippen LogP contribution in [0.25, 0.3) is 5.82 Å². The fourth-order valence-electron chi connectivity index (χ4n) is 1.05. The Morgan fingerprint density at radius 3 is 3.00 bits per heavy atom. The minimum absolute atomic E-state index is 0.456. The van der Waals surface area contributed by atoms with Crippen molar-refractivity contribution >= 4 is 40.2 Å². The second kappa shape index (κ2) is 4.27. The number of hydrogen-bond acceptors (Lipinski definition) is 5. The van der Waals surface area contributed by atoms with Crippen molar-refractivity contribution < 1.29 is 9.53 Å². The van der Waals surface area contributed by atoms with E-state index in [9.17, 15) is 4.79 Å². The van der Waals surface area contributed by atoms with Crippen molar-refractivity contribution in [2.75, 3.05) is 7.11 Å². The third-order valence-electron chi connectivity index (χ3n) is 1.66. The zero-order valence-electron chi connectivity index (χ0n) is 7.68. The Kier molecular flexibility index (Phi) is 3.00. The molecule has 0 atom stereocenters. The standard InChI is InChI=1S/C8H6IN3O2S/c1-14-8-11-7(6(4-13)15-8)12-3-5(9)2-10-12/h2-4H,1H3. The molecule has 0 amide bonds. The SMILES string of the molecule is COc1nc(-n2cc(I)cn2)c(C=O)s1. The van der Waals surface area contributed by atoms with Crippen LogP contribution in [0.4, 0.5) is 0 Å². The number of carbonyl (C=O) groups is 1. The molecule has 0 N–H and O–H groups in total. The van der Waals surface area contributed by atoms with Gasteiger partial charge in [0.15, 0.2) is 12.1 Å². The van der Waals surface area contributed by atoms with Crippen molar-refractivity contribution in [3.8, 4) is 11.0 Å². The van der Waals surface area contributed by atoms with E-state index < -0.39 is 0 Å². The molecular weight excluding hydrogens is 329 g/mol. The van der Waals surface area contributed by atoms with E-state index in [1.54, 1.807) is 17.1 Å². The van der Waals surface area contributed by atoms with E-state index in [0.717, 1.165) is 9.86 Å². The van der Waals surface area contributed by atoms with Gasteiger partial charge in [0.05, 0.1) is 16.9 Å². The molecule has 2 heterocycles. The highest BCUT2D eigenvalue weighted by molar-refractivity contribution is 14.1. The minimum Gasteiger partial charge on any atom is -0.473 e. The van der Waals surface area contributed by atoms with Gasteiger partial charge >= 0.3 is 0 Å². The zero-order valence-corrected chi connectivity index (χ0v) is 10.7. The Balaban J connectivity index is 2.51. The summed E-state index contributed by atoms with van der Waals surface area (Å²) < 4.78 is 7.51.